The fraction of sp³-hybridized carbons (Fsp3) is 0.190. The third-order valence-corrected chi connectivity index (χ3v) is 7.04. The van der Waals surface area contributed by atoms with Crippen molar-refractivity contribution in [2.24, 2.45) is 7.05 Å². The molecule has 0 saturated carbocycles. The average Bonchev–Trinajstić information content (AvgIpc) is 3.32. The molecule has 2 aromatic carbocycles. The van der Waals surface area contributed by atoms with E-state index in [1.54, 1.807) is 19.2 Å². The van der Waals surface area contributed by atoms with Crippen molar-refractivity contribution in [1.82, 2.24) is 9.88 Å². The van der Waals surface area contributed by atoms with Crippen LogP contribution in [-0.4, -0.2) is 25.4 Å². The van der Waals surface area contributed by atoms with Crippen LogP contribution in [0, 0.1) is 0 Å². The number of carbonyl (C=O) groups is 1. The Kier molecular flexibility index (Phi) is 5.10. The van der Waals surface area contributed by atoms with Gasteiger partial charge in [-0.2, -0.15) is 0 Å². The normalized spacial score (nSPS) is 13.4. The molecule has 6 nitrogen and oxygen atoms in total. The zero-order valence-electron chi connectivity index (χ0n) is 15.8. The van der Waals surface area contributed by atoms with Gasteiger partial charge in [-0.05, 0) is 41.8 Å². The first kappa shape index (κ1) is 19.5. The number of hydrogen-bond acceptors (Lipinski definition) is 3. The van der Waals surface area contributed by atoms with E-state index in [9.17, 15) is 13.2 Å². The molecule has 0 spiro atoms. The van der Waals surface area contributed by atoms with Crippen molar-refractivity contribution in [2.75, 3.05) is 10.8 Å². The number of nitrogens with one attached hydrogen (secondary N) is 1. The third-order valence-electron chi connectivity index (χ3n) is 5.01. The van der Waals surface area contributed by atoms with E-state index in [1.807, 2.05) is 36.4 Å². The van der Waals surface area contributed by atoms with Gasteiger partial charge in [-0.25, -0.2) is 8.42 Å². The van der Waals surface area contributed by atoms with E-state index in [1.165, 1.54) is 21.1 Å². The van der Waals surface area contributed by atoms with Gasteiger partial charge in [0.1, 0.15) is 10.6 Å². The van der Waals surface area contributed by atoms with Gasteiger partial charge >= 0.3 is 0 Å². The number of carbonyl (C=O) groups excluding carboxylic acids is 1. The van der Waals surface area contributed by atoms with Gasteiger partial charge in [-0.1, -0.05) is 41.9 Å². The lowest BCUT2D eigenvalue weighted by atomic mass is 10.2. The summed E-state index contributed by atoms with van der Waals surface area (Å²) in [4.78, 5) is 12.7. The summed E-state index contributed by atoms with van der Waals surface area (Å²) in [6, 6.07) is 16.1. The van der Waals surface area contributed by atoms with E-state index in [4.69, 9.17) is 11.6 Å². The van der Waals surface area contributed by atoms with E-state index in [2.05, 4.69) is 5.32 Å². The zero-order chi connectivity index (χ0) is 20.6. The Labute approximate surface area is 174 Å². The summed E-state index contributed by atoms with van der Waals surface area (Å²) >= 11 is 5.87. The molecule has 1 amide bonds. The van der Waals surface area contributed by atoms with E-state index in [0.717, 1.165) is 11.1 Å². The summed E-state index contributed by atoms with van der Waals surface area (Å²) in [7, 11) is -2.08. The second kappa shape index (κ2) is 7.57. The Morgan fingerprint density at radius 2 is 1.86 bits per heavy atom. The third kappa shape index (κ3) is 3.75. The summed E-state index contributed by atoms with van der Waals surface area (Å²) in [6.45, 7) is 0.720. The van der Waals surface area contributed by atoms with Crippen LogP contribution < -0.4 is 9.62 Å². The molecule has 0 fully saturated rings. The van der Waals surface area contributed by atoms with Crippen LogP contribution in [0.4, 0.5) is 5.69 Å². The second-order valence-electron chi connectivity index (χ2n) is 6.94. The van der Waals surface area contributed by atoms with E-state index in [0.29, 0.717) is 30.2 Å². The van der Waals surface area contributed by atoms with Gasteiger partial charge in [0.15, 0.2) is 0 Å². The smallest absolute Gasteiger partial charge is 0.268 e. The van der Waals surface area contributed by atoms with Gasteiger partial charge in [0, 0.05) is 31.4 Å². The predicted molar refractivity (Wildman–Crippen MR) is 113 cm³/mol. The highest BCUT2D eigenvalue weighted by molar-refractivity contribution is 7.92. The molecule has 0 bridgehead atoms. The SMILES string of the molecule is Cn1cc(S(=O)(=O)N2CCc3ccccc32)cc1C(=O)NCc1ccc(Cl)cc1. The maximum Gasteiger partial charge on any atom is 0.268 e. The molecule has 29 heavy (non-hydrogen) atoms. The van der Waals surface area contributed by atoms with Crippen LogP contribution in [0.15, 0.2) is 65.7 Å². The first-order chi connectivity index (χ1) is 13.9. The van der Waals surface area contributed by atoms with Crippen molar-refractivity contribution in [3.8, 4) is 0 Å². The first-order valence-corrected chi connectivity index (χ1v) is 11.0. The van der Waals surface area contributed by atoms with Gasteiger partial charge in [0.25, 0.3) is 15.9 Å². The number of hydrogen-bond donors (Lipinski definition) is 1. The number of benzene rings is 2. The van der Waals surface area contributed by atoms with Crippen LogP contribution in [0.2, 0.25) is 5.02 Å². The van der Waals surface area contributed by atoms with Crippen LogP contribution in [0.25, 0.3) is 0 Å². The topological polar surface area (TPSA) is 71.4 Å². The fourth-order valence-electron chi connectivity index (χ4n) is 3.46. The molecule has 3 aromatic rings. The lowest BCUT2D eigenvalue weighted by Gasteiger charge is -2.18. The molecule has 150 valence electrons. The average molecular weight is 430 g/mol. The Hall–Kier alpha value is -2.77. The molecule has 0 unspecified atom stereocenters. The number of amides is 1. The van der Waals surface area contributed by atoms with Crippen molar-refractivity contribution < 1.29 is 13.2 Å². The van der Waals surface area contributed by atoms with Crippen molar-refractivity contribution in [3.63, 3.8) is 0 Å². The van der Waals surface area contributed by atoms with Crippen molar-refractivity contribution in [1.29, 1.82) is 0 Å². The highest BCUT2D eigenvalue weighted by Crippen LogP contribution is 2.33. The second-order valence-corrected chi connectivity index (χ2v) is 9.24. The number of para-hydroxylation sites is 1. The van der Waals surface area contributed by atoms with Crippen LogP contribution >= 0.6 is 11.6 Å². The molecular formula is C21H20ClN3O3S. The molecule has 1 aliphatic heterocycles. The molecular weight excluding hydrogens is 410 g/mol. The van der Waals surface area contributed by atoms with Crippen LogP contribution in [0.3, 0.4) is 0 Å². The summed E-state index contributed by atoms with van der Waals surface area (Å²) in [5.74, 6) is -0.342. The summed E-state index contributed by atoms with van der Waals surface area (Å²) < 4.78 is 29.3. The van der Waals surface area contributed by atoms with E-state index < -0.39 is 10.0 Å². The van der Waals surface area contributed by atoms with Crippen molar-refractivity contribution in [2.45, 2.75) is 17.9 Å². The van der Waals surface area contributed by atoms with Crippen molar-refractivity contribution in [3.05, 3.63) is 82.6 Å². The Balaban J connectivity index is 1.54. The van der Waals surface area contributed by atoms with Gasteiger partial charge in [-0.3, -0.25) is 9.10 Å². The van der Waals surface area contributed by atoms with Gasteiger partial charge in [-0.15, -0.1) is 0 Å². The minimum Gasteiger partial charge on any atom is -0.347 e. The van der Waals surface area contributed by atoms with Crippen LogP contribution in [0.1, 0.15) is 21.6 Å². The monoisotopic (exact) mass is 429 g/mol. The highest BCUT2D eigenvalue weighted by atomic mass is 35.5. The Morgan fingerprint density at radius 1 is 1.14 bits per heavy atom. The lowest BCUT2D eigenvalue weighted by Crippen LogP contribution is -2.28. The number of aromatic nitrogens is 1. The number of sulfonamides is 1. The maximum atomic E-state index is 13.2. The highest BCUT2D eigenvalue weighted by Gasteiger charge is 2.32. The van der Waals surface area contributed by atoms with Crippen LogP contribution in [-0.2, 0) is 30.0 Å². The van der Waals surface area contributed by atoms with Gasteiger partial charge in [0.05, 0.1) is 5.69 Å². The number of aryl methyl sites for hydroxylation is 1. The maximum absolute atomic E-state index is 13.2. The van der Waals surface area contributed by atoms with Gasteiger partial charge in [0.2, 0.25) is 0 Å². The number of rotatable bonds is 5. The van der Waals surface area contributed by atoms with Gasteiger partial charge < -0.3 is 9.88 Å². The quantitative estimate of drug-likeness (QED) is 0.676. The zero-order valence-corrected chi connectivity index (χ0v) is 17.4. The number of nitrogens with zero attached hydrogens (tertiary/aromatic N) is 2. The molecule has 1 N–H and O–H groups in total. The molecule has 0 saturated heterocycles. The molecule has 2 heterocycles. The molecule has 0 radical (unpaired) electrons. The van der Waals surface area contributed by atoms with Crippen LogP contribution in [0.5, 0.6) is 0 Å². The fourth-order valence-corrected chi connectivity index (χ4v) is 5.16. The minimum atomic E-state index is -3.74. The minimum absolute atomic E-state index is 0.105. The van der Waals surface area contributed by atoms with Crippen molar-refractivity contribution >= 4 is 33.2 Å². The molecule has 8 heteroatoms. The Bertz CT molecular complexity index is 1170. The molecule has 4 rings (SSSR count). The van der Waals surface area contributed by atoms with E-state index in [-0.39, 0.29) is 16.5 Å². The van der Waals surface area contributed by atoms with E-state index >= 15 is 0 Å². The lowest BCUT2D eigenvalue weighted by molar-refractivity contribution is 0.0942. The standard InChI is InChI=1S/C21H20ClN3O3S/c1-24-14-18(29(27,28)25-11-10-16-4-2-3-5-19(16)25)12-20(24)21(26)23-13-15-6-8-17(22)9-7-15/h2-9,12,14H,10-11,13H2,1H3,(H,23,26). The Morgan fingerprint density at radius 3 is 2.62 bits per heavy atom. The number of anilines is 1. The number of fused-ring (bicyclic) bond motifs is 1. The predicted octanol–water partition coefficient (Wildman–Crippen LogP) is 3.36. The summed E-state index contributed by atoms with van der Waals surface area (Å²) in [5, 5.41) is 3.44. The molecule has 1 aromatic heterocycles. The molecule has 0 atom stereocenters. The molecule has 0 aliphatic carbocycles. The largest absolute Gasteiger partial charge is 0.347 e. The first-order valence-electron chi connectivity index (χ1n) is 9.16. The summed E-state index contributed by atoms with van der Waals surface area (Å²) in [5.41, 5.74) is 2.89. The molecule has 1 aliphatic rings. The summed E-state index contributed by atoms with van der Waals surface area (Å²) in [6.07, 6.45) is 2.16. The number of halogens is 1.